The number of nitrogens with zero attached hydrogens (tertiary/aromatic N) is 2. The summed E-state index contributed by atoms with van der Waals surface area (Å²) in [7, 11) is 3.45. The lowest BCUT2D eigenvalue weighted by atomic mass is 9.93. The van der Waals surface area contributed by atoms with Crippen molar-refractivity contribution in [3.8, 4) is 11.5 Å². The molecule has 0 N–H and O–H groups in total. The number of likely N-dealkylation sites (tertiary alicyclic amines) is 1. The van der Waals surface area contributed by atoms with Crippen molar-refractivity contribution in [2.24, 2.45) is 0 Å². The zero-order valence-electron chi connectivity index (χ0n) is 14.5. The fourth-order valence-corrected chi connectivity index (χ4v) is 3.59. The highest BCUT2D eigenvalue weighted by Gasteiger charge is 2.46. The minimum Gasteiger partial charge on any atom is -0.493 e. The average Bonchev–Trinajstić information content (AvgIpc) is 2.85. The second kappa shape index (κ2) is 7.30. The summed E-state index contributed by atoms with van der Waals surface area (Å²) >= 11 is 0. The van der Waals surface area contributed by atoms with Crippen molar-refractivity contribution in [2.75, 3.05) is 46.9 Å². The molecule has 0 saturated carbocycles. The van der Waals surface area contributed by atoms with Gasteiger partial charge in [-0.3, -0.25) is 4.90 Å². The zero-order valence-corrected chi connectivity index (χ0v) is 14.5. The van der Waals surface area contributed by atoms with Gasteiger partial charge in [0, 0.05) is 20.1 Å². The first-order chi connectivity index (χ1) is 11.6. The molecule has 1 aromatic rings. The van der Waals surface area contributed by atoms with E-state index in [1.807, 2.05) is 24.3 Å². The highest BCUT2D eigenvalue weighted by atomic mass is 16.6. The Hall–Kier alpha value is -1.95. The molecule has 0 bridgehead atoms. The van der Waals surface area contributed by atoms with Crippen LogP contribution in [0.1, 0.15) is 19.3 Å². The van der Waals surface area contributed by atoms with Gasteiger partial charge in [0.25, 0.3) is 0 Å². The van der Waals surface area contributed by atoms with E-state index >= 15 is 0 Å². The third-order valence-corrected chi connectivity index (χ3v) is 4.70. The highest BCUT2D eigenvalue weighted by Crippen LogP contribution is 2.31. The molecule has 6 nitrogen and oxygen atoms in total. The Morgan fingerprint density at radius 2 is 2.04 bits per heavy atom. The number of hydrogen-bond donors (Lipinski definition) is 0. The first-order valence-corrected chi connectivity index (χ1v) is 8.54. The van der Waals surface area contributed by atoms with Gasteiger partial charge >= 0.3 is 6.09 Å². The summed E-state index contributed by atoms with van der Waals surface area (Å²) in [6, 6.07) is 7.69. The number of piperidine rings is 1. The second-order valence-corrected chi connectivity index (χ2v) is 6.64. The summed E-state index contributed by atoms with van der Waals surface area (Å²) in [4.78, 5) is 15.7. The summed E-state index contributed by atoms with van der Waals surface area (Å²) in [6.45, 7) is 4.15. The first kappa shape index (κ1) is 16.9. The van der Waals surface area contributed by atoms with Gasteiger partial charge in [-0.25, -0.2) is 4.79 Å². The summed E-state index contributed by atoms with van der Waals surface area (Å²) < 4.78 is 16.7. The van der Waals surface area contributed by atoms with E-state index in [1.54, 1.807) is 19.1 Å². The zero-order chi connectivity index (χ0) is 17.0. The van der Waals surface area contributed by atoms with Crippen LogP contribution in [0.3, 0.4) is 0 Å². The molecule has 2 fully saturated rings. The number of hydrogen-bond acceptors (Lipinski definition) is 5. The number of ether oxygens (including phenoxy) is 3. The molecule has 0 unspecified atom stereocenters. The third kappa shape index (κ3) is 3.75. The molecule has 2 aliphatic heterocycles. The van der Waals surface area contributed by atoms with Gasteiger partial charge in [-0.05, 0) is 37.9 Å². The van der Waals surface area contributed by atoms with Crippen LogP contribution in [0, 0.1) is 0 Å². The number of benzene rings is 1. The summed E-state index contributed by atoms with van der Waals surface area (Å²) in [5.41, 5.74) is -0.312. The lowest BCUT2D eigenvalue weighted by molar-refractivity contribution is -0.00980. The molecule has 6 heteroatoms. The van der Waals surface area contributed by atoms with Crippen LogP contribution >= 0.6 is 0 Å². The molecule has 0 aromatic heterocycles. The number of likely N-dealkylation sites (N-methyl/N-ethyl adjacent to an activating group) is 1. The van der Waals surface area contributed by atoms with Crippen LogP contribution in [0.25, 0.3) is 0 Å². The largest absolute Gasteiger partial charge is 0.493 e. The van der Waals surface area contributed by atoms with E-state index in [-0.39, 0.29) is 11.7 Å². The van der Waals surface area contributed by atoms with Crippen LogP contribution in [0.15, 0.2) is 24.3 Å². The maximum absolute atomic E-state index is 11.7. The van der Waals surface area contributed by atoms with Gasteiger partial charge < -0.3 is 19.1 Å². The van der Waals surface area contributed by atoms with Crippen LogP contribution in [0.2, 0.25) is 0 Å². The Morgan fingerprint density at radius 1 is 1.25 bits per heavy atom. The smallest absolute Gasteiger partial charge is 0.410 e. The van der Waals surface area contributed by atoms with Gasteiger partial charge in [0.1, 0.15) is 5.60 Å². The van der Waals surface area contributed by atoms with Crippen LogP contribution < -0.4 is 9.47 Å². The molecule has 0 radical (unpaired) electrons. The molecule has 1 amide bonds. The molecular weight excluding hydrogens is 308 g/mol. The van der Waals surface area contributed by atoms with Gasteiger partial charge in [-0.2, -0.15) is 0 Å². The molecule has 24 heavy (non-hydrogen) atoms. The van der Waals surface area contributed by atoms with Crippen LogP contribution in [0.5, 0.6) is 11.5 Å². The molecule has 1 spiro atoms. The number of rotatable bonds is 6. The van der Waals surface area contributed by atoms with E-state index in [0.717, 1.165) is 50.4 Å². The third-order valence-electron chi connectivity index (χ3n) is 4.70. The van der Waals surface area contributed by atoms with E-state index in [4.69, 9.17) is 14.2 Å². The topological polar surface area (TPSA) is 51.2 Å². The number of amides is 1. The predicted molar refractivity (Wildman–Crippen MR) is 90.6 cm³/mol. The summed E-state index contributed by atoms with van der Waals surface area (Å²) in [6.07, 6.45) is 2.75. The fraction of sp³-hybridized carbons (Fsp3) is 0.611. The Bertz CT molecular complexity index is 580. The fourth-order valence-electron chi connectivity index (χ4n) is 3.59. The van der Waals surface area contributed by atoms with Crippen molar-refractivity contribution in [2.45, 2.75) is 24.9 Å². The molecule has 0 aliphatic carbocycles. The Morgan fingerprint density at radius 3 is 2.75 bits per heavy atom. The average molecular weight is 334 g/mol. The predicted octanol–water partition coefficient (Wildman–Crippen LogP) is 2.38. The highest BCUT2D eigenvalue weighted by molar-refractivity contribution is 5.70. The number of methoxy groups -OCH3 is 1. The molecule has 2 heterocycles. The van der Waals surface area contributed by atoms with Gasteiger partial charge in [0.05, 0.1) is 20.3 Å². The SMILES string of the molecule is COc1ccccc1OCCCN1CCC[C@@]2(C1)CN(C)C(=O)O2. The second-order valence-electron chi connectivity index (χ2n) is 6.64. The van der Waals surface area contributed by atoms with Crippen molar-refractivity contribution >= 4 is 6.09 Å². The Balaban J connectivity index is 1.44. The number of para-hydroxylation sites is 2. The quantitative estimate of drug-likeness (QED) is 0.748. The molecular formula is C18H26N2O4. The maximum atomic E-state index is 11.7. The van der Waals surface area contributed by atoms with E-state index in [9.17, 15) is 4.79 Å². The Labute approximate surface area is 143 Å². The lowest BCUT2D eigenvalue weighted by Gasteiger charge is -2.38. The summed E-state index contributed by atoms with van der Waals surface area (Å²) in [5.74, 6) is 1.54. The maximum Gasteiger partial charge on any atom is 0.410 e. The van der Waals surface area contributed by atoms with E-state index < -0.39 is 0 Å². The molecule has 2 saturated heterocycles. The Kier molecular flexibility index (Phi) is 5.14. The standard InChI is InChI=1S/C18H26N2O4/c1-19-13-18(24-17(19)21)9-5-10-20(14-18)11-6-12-23-16-8-4-3-7-15(16)22-2/h3-4,7-8H,5-6,9-14H2,1-2H3/t18-/m0/s1. The minimum atomic E-state index is -0.312. The van der Waals surface area contributed by atoms with Crippen molar-refractivity contribution in [1.29, 1.82) is 0 Å². The van der Waals surface area contributed by atoms with Crippen molar-refractivity contribution < 1.29 is 19.0 Å². The molecule has 1 aromatic carbocycles. The van der Waals surface area contributed by atoms with E-state index in [2.05, 4.69) is 4.90 Å². The van der Waals surface area contributed by atoms with Crippen LogP contribution in [0.4, 0.5) is 4.79 Å². The van der Waals surface area contributed by atoms with E-state index in [1.165, 1.54) is 0 Å². The number of carbonyl (C=O) groups excluding carboxylic acids is 1. The molecule has 1 atom stereocenters. The first-order valence-electron chi connectivity index (χ1n) is 8.54. The van der Waals surface area contributed by atoms with E-state index in [0.29, 0.717) is 13.2 Å². The number of carbonyl (C=O) groups is 1. The van der Waals surface area contributed by atoms with Gasteiger partial charge in [-0.1, -0.05) is 12.1 Å². The molecule has 3 rings (SSSR count). The molecule has 132 valence electrons. The van der Waals surface area contributed by atoms with Crippen LogP contribution in [-0.4, -0.2) is 68.4 Å². The monoisotopic (exact) mass is 334 g/mol. The lowest BCUT2D eigenvalue weighted by Crippen LogP contribution is -2.50. The van der Waals surface area contributed by atoms with Gasteiger partial charge in [0.2, 0.25) is 0 Å². The van der Waals surface area contributed by atoms with Gasteiger partial charge in [-0.15, -0.1) is 0 Å². The van der Waals surface area contributed by atoms with Crippen LogP contribution in [-0.2, 0) is 4.74 Å². The van der Waals surface area contributed by atoms with Crippen molar-refractivity contribution in [1.82, 2.24) is 9.80 Å². The normalized spacial score (nSPS) is 24.2. The minimum absolute atomic E-state index is 0.198. The summed E-state index contributed by atoms with van der Waals surface area (Å²) in [5, 5.41) is 0. The van der Waals surface area contributed by atoms with Crippen molar-refractivity contribution in [3.05, 3.63) is 24.3 Å². The molecule has 2 aliphatic rings. The van der Waals surface area contributed by atoms with Crippen molar-refractivity contribution in [3.63, 3.8) is 0 Å². The van der Waals surface area contributed by atoms with Gasteiger partial charge in [0.15, 0.2) is 11.5 Å².